The zero-order valence-corrected chi connectivity index (χ0v) is 27.5. The van der Waals surface area contributed by atoms with Crippen LogP contribution in [0.15, 0.2) is 48.6 Å². The Labute approximate surface area is 270 Å². The Hall–Kier alpha value is -2.36. The number of carbonyl (C=O) groups is 2. The first-order valence-electron chi connectivity index (χ1n) is 16.8. The highest BCUT2D eigenvalue weighted by Gasteiger charge is 2.33. The van der Waals surface area contributed by atoms with Crippen LogP contribution < -0.4 is 0 Å². The molecule has 0 radical (unpaired) electrons. The molecule has 1 aliphatic heterocycles. The van der Waals surface area contributed by atoms with E-state index in [-0.39, 0.29) is 36.2 Å². The Kier molecular flexibility index (Phi) is 16.5. The van der Waals surface area contributed by atoms with Gasteiger partial charge in [-0.2, -0.15) is 0 Å². The molecule has 3 aliphatic rings. The van der Waals surface area contributed by atoms with E-state index in [2.05, 4.69) is 44.3 Å². The lowest BCUT2D eigenvalue weighted by Gasteiger charge is -2.38. The maximum absolute atomic E-state index is 11.9. The highest BCUT2D eigenvalue weighted by atomic mass is 16.7. The number of methoxy groups -OCH3 is 1. The molecule has 2 N–H and O–H groups in total. The van der Waals surface area contributed by atoms with Crippen LogP contribution in [-0.4, -0.2) is 75.5 Å². The van der Waals surface area contributed by atoms with E-state index in [0.717, 1.165) is 17.8 Å². The lowest BCUT2D eigenvalue weighted by Crippen LogP contribution is -2.40. The lowest BCUT2D eigenvalue weighted by molar-refractivity contribution is -0.225. The first-order chi connectivity index (χ1) is 21.8. The van der Waals surface area contributed by atoms with Gasteiger partial charge in [-0.25, -0.2) is 4.79 Å². The SMILES string of the molecule is C=C(C=O)CO.C=C(CO)C(=O)OCC(COC)C1OCC(c2ccc(C3CCC(C4CCC(CCC)CC4)CC3)cc2)CO1. The number of ether oxygens (including phenoxy) is 4. The highest BCUT2D eigenvalue weighted by molar-refractivity contribution is 5.87. The van der Waals surface area contributed by atoms with Crippen molar-refractivity contribution in [1.82, 2.24) is 0 Å². The summed E-state index contributed by atoms with van der Waals surface area (Å²) >= 11 is 0. The summed E-state index contributed by atoms with van der Waals surface area (Å²) in [5, 5.41) is 17.1. The topological polar surface area (TPSA) is 112 Å². The minimum atomic E-state index is -0.615. The Morgan fingerprint density at radius 1 is 0.889 bits per heavy atom. The van der Waals surface area contributed by atoms with Crippen LogP contribution in [0, 0.1) is 23.7 Å². The van der Waals surface area contributed by atoms with Gasteiger partial charge < -0.3 is 29.2 Å². The smallest absolute Gasteiger partial charge is 0.335 e. The van der Waals surface area contributed by atoms with Gasteiger partial charge in [-0.05, 0) is 73.3 Å². The quantitative estimate of drug-likeness (QED) is 0.144. The molecule has 3 fully saturated rings. The molecular formula is C37H56O8. The van der Waals surface area contributed by atoms with Crippen molar-refractivity contribution in [3.63, 3.8) is 0 Å². The Morgan fingerprint density at radius 3 is 1.91 bits per heavy atom. The van der Waals surface area contributed by atoms with Crippen molar-refractivity contribution >= 4 is 12.3 Å². The number of hydrogen-bond donors (Lipinski definition) is 2. The summed E-state index contributed by atoms with van der Waals surface area (Å²) in [5.41, 5.74) is 2.96. The van der Waals surface area contributed by atoms with Gasteiger partial charge in [0, 0.05) is 18.6 Å². The van der Waals surface area contributed by atoms with Gasteiger partial charge in [0.15, 0.2) is 6.29 Å². The summed E-state index contributed by atoms with van der Waals surface area (Å²) in [5.74, 6) is 2.93. The van der Waals surface area contributed by atoms with Crippen LogP contribution in [0.2, 0.25) is 0 Å². The fourth-order valence-corrected chi connectivity index (χ4v) is 7.11. The molecule has 1 unspecified atom stereocenters. The standard InChI is InChI=1S/C33H50O6.C4H6O2/c1-4-5-24-6-8-25(9-7-24)26-10-12-27(13-11-26)28-14-16-29(17-15-28)30-20-38-33(39-21-30)31(19-36-3)22-37-32(35)23(2)18-34;1-4(2-5)3-6/h14-17,24-27,30-31,33-34H,2,4-13,18-22H2,1,3H3;2,6H,1,3H2. The monoisotopic (exact) mass is 628 g/mol. The van der Waals surface area contributed by atoms with Crippen molar-refractivity contribution in [2.45, 2.75) is 89.3 Å². The van der Waals surface area contributed by atoms with E-state index in [1.165, 1.54) is 75.3 Å². The van der Waals surface area contributed by atoms with Crippen molar-refractivity contribution in [2.75, 3.05) is 46.8 Å². The van der Waals surface area contributed by atoms with E-state index in [0.29, 0.717) is 32.0 Å². The van der Waals surface area contributed by atoms with Gasteiger partial charge >= 0.3 is 5.97 Å². The lowest BCUT2D eigenvalue weighted by atomic mass is 9.68. The number of carbonyl (C=O) groups excluding carboxylic acids is 2. The normalized spacial score (nSPS) is 27.4. The first kappa shape index (κ1) is 37.1. The maximum atomic E-state index is 11.9. The maximum Gasteiger partial charge on any atom is 0.335 e. The Morgan fingerprint density at radius 2 is 1.44 bits per heavy atom. The number of aliphatic hydroxyl groups excluding tert-OH is 2. The third-order valence-corrected chi connectivity index (χ3v) is 9.87. The molecule has 8 heteroatoms. The zero-order valence-electron chi connectivity index (χ0n) is 27.5. The van der Waals surface area contributed by atoms with Crippen molar-refractivity contribution in [1.29, 1.82) is 0 Å². The minimum Gasteiger partial charge on any atom is -0.462 e. The van der Waals surface area contributed by atoms with Crippen molar-refractivity contribution in [3.05, 3.63) is 59.7 Å². The first-order valence-corrected chi connectivity index (χ1v) is 16.8. The fourth-order valence-electron chi connectivity index (χ4n) is 7.11. The molecule has 1 heterocycles. The molecule has 1 atom stereocenters. The Balaban J connectivity index is 0.000000838. The molecule has 8 nitrogen and oxygen atoms in total. The molecule has 0 bridgehead atoms. The average Bonchev–Trinajstić information content (AvgIpc) is 3.10. The number of hydrogen-bond acceptors (Lipinski definition) is 8. The second-order valence-electron chi connectivity index (χ2n) is 13.1. The molecule has 0 spiro atoms. The van der Waals surface area contributed by atoms with E-state index in [9.17, 15) is 9.59 Å². The molecule has 4 rings (SSSR count). The molecule has 2 aliphatic carbocycles. The predicted molar refractivity (Wildman–Crippen MR) is 175 cm³/mol. The van der Waals surface area contributed by atoms with Crippen molar-refractivity contribution < 1.29 is 38.7 Å². The summed E-state index contributed by atoms with van der Waals surface area (Å²) in [6.45, 7) is 9.86. The molecule has 2 saturated carbocycles. The number of aldehydes is 1. The second kappa shape index (κ2) is 20.0. The van der Waals surface area contributed by atoms with Crippen LogP contribution in [0.25, 0.3) is 0 Å². The van der Waals surface area contributed by atoms with Gasteiger partial charge in [0.1, 0.15) is 12.9 Å². The summed E-state index contributed by atoms with van der Waals surface area (Å²) in [4.78, 5) is 21.3. The van der Waals surface area contributed by atoms with Crippen LogP contribution in [0.1, 0.15) is 94.1 Å². The minimum absolute atomic E-state index is 0.0259. The number of benzene rings is 1. The highest BCUT2D eigenvalue weighted by Crippen LogP contribution is 2.44. The molecule has 1 saturated heterocycles. The van der Waals surface area contributed by atoms with Gasteiger partial charge in [-0.1, -0.05) is 70.0 Å². The van der Waals surface area contributed by atoms with Gasteiger partial charge in [0.25, 0.3) is 0 Å². The molecule has 1 aromatic carbocycles. The van der Waals surface area contributed by atoms with Crippen molar-refractivity contribution in [2.24, 2.45) is 23.7 Å². The largest absolute Gasteiger partial charge is 0.462 e. The van der Waals surface area contributed by atoms with E-state index in [4.69, 9.17) is 29.2 Å². The van der Waals surface area contributed by atoms with E-state index in [1.807, 2.05) is 0 Å². The molecule has 45 heavy (non-hydrogen) atoms. The predicted octanol–water partition coefficient (Wildman–Crippen LogP) is 6.11. The van der Waals surface area contributed by atoms with E-state index >= 15 is 0 Å². The van der Waals surface area contributed by atoms with Crippen LogP contribution in [0.3, 0.4) is 0 Å². The van der Waals surface area contributed by atoms with Crippen LogP contribution >= 0.6 is 0 Å². The van der Waals surface area contributed by atoms with Gasteiger partial charge in [-0.3, -0.25) is 4.79 Å². The van der Waals surface area contributed by atoms with Crippen molar-refractivity contribution in [3.8, 4) is 0 Å². The molecule has 0 aromatic heterocycles. The van der Waals surface area contributed by atoms with Crippen LogP contribution in [0.5, 0.6) is 0 Å². The van der Waals surface area contributed by atoms with Gasteiger partial charge in [-0.15, -0.1) is 0 Å². The third kappa shape index (κ3) is 11.7. The van der Waals surface area contributed by atoms with E-state index < -0.39 is 18.9 Å². The van der Waals surface area contributed by atoms with Gasteiger partial charge in [0.05, 0.1) is 44.5 Å². The van der Waals surface area contributed by atoms with E-state index in [1.54, 1.807) is 7.11 Å². The number of esters is 1. The molecule has 252 valence electrons. The number of rotatable bonds is 14. The molecule has 1 aromatic rings. The van der Waals surface area contributed by atoms with Crippen LogP contribution in [0.4, 0.5) is 0 Å². The fraction of sp³-hybridized carbons (Fsp3) is 0.676. The third-order valence-electron chi connectivity index (χ3n) is 9.87. The zero-order chi connectivity index (χ0) is 32.6. The summed E-state index contributed by atoms with van der Waals surface area (Å²) < 4.78 is 22.6. The summed E-state index contributed by atoms with van der Waals surface area (Å²) in [7, 11) is 1.60. The average molecular weight is 629 g/mol. The van der Waals surface area contributed by atoms with Crippen LogP contribution in [-0.2, 0) is 28.5 Å². The summed E-state index contributed by atoms with van der Waals surface area (Å²) in [6.07, 6.45) is 14.1. The second-order valence-corrected chi connectivity index (χ2v) is 13.1. The van der Waals surface area contributed by atoms with Gasteiger partial charge in [0.2, 0.25) is 0 Å². The molecule has 0 amide bonds. The Bertz CT molecular complexity index is 1030. The molecular weight excluding hydrogens is 572 g/mol. The summed E-state index contributed by atoms with van der Waals surface area (Å²) in [6, 6.07) is 9.15. The number of aliphatic hydroxyl groups is 2.